The van der Waals surface area contributed by atoms with E-state index in [1.165, 1.54) is 21.8 Å². The molecule has 0 spiro atoms. The van der Waals surface area contributed by atoms with E-state index in [9.17, 15) is 18.0 Å². The van der Waals surface area contributed by atoms with E-state index in [4.69, 9.17) is 0 Å². The van der Waals surface area contributed by atoms with Gasteiger partial charge in [0, 0.05) is 30.1 Å². The monoisotopic (exact) mass is 486 g/mol. The van der Waals surface area contributed by atoms with Crippen LogP contribution in [0.15, 0.2) is 48.0 Å². The molecule has 1 amide bonds. The van der Waals surface area contributed by atoms with Gasteiger partial charge < -0.3 is 5.32 Å². The Morgan fingerprint density at radius 3 is 2.73 bits per heavy atom. The highest BCUT2D eigenvalue weighted by molar-refractivity contribution is 7.88. The van der Waals surface area contributed by atoms with Gasteiger partial charge in [-0.3, -0.25) is 14.2 Å². The van der Waals surface area contributed by atoms with Gasteiger partial charge in [0.05, 0.1) is 17.5 Å². The van der Waals surface area contributed by atoms with E-state index in [2.05, 4.69) is 21.6 Å². The minimum atomic E-state index is -3.44. The van der Waals surface area contributed by atoms with Crippen molar-refractivity contribution in [3.05, 3.63) is 69.6 Å². The SMILES string of the molecule is C=CCNS(=O)(=O)Cc1ccc(NC(=O)CCn2cnc3sc4c(c3c2=O)CCCC4)cc1. The molecule has 8 nitrogen and oxygen atoms in total. The number of aromatic nitrogens is 2. The fourth-order valence-corrected chi connectivity index (χ4v) is 6.25. The van der Waals surface area contributed by atoms with Gasteiger partial charge in [0.2, 0.25) is 15.9 Å². The highest BCUT2D eigenvalue weighted by Gasteiger charge is 2.20. The van der Waals surface area contributed by atoms with E-state index in [1.807, 2.05) is 0 Å². The molecule has 0 radical (unpaired) electrons. The number of benzene rings is 1. The van der Waals surface area contributed by atoms with Crippen LogP contribution in [0.4, 0.5) is 5.69 Å². The zero-order valence-corrected chi connectivity index (χ0v) is 19.8. The van der Waals surface area contributed by atoms with Gasteiger partial charge in [0.25, 0.3) is 5.56 Å². The summed E-state index contributed by atoms with van der Waals surface area (Å²) in [4.78, 5) is 31.9. The molecule has 1 aliphatic carbocycles. The molecular weight excluding hydrogens is 460 g/mol. The molecule has 0 atom stereocenters. The average molecular weight is 487 g/mol. The standard InChI is InChI=1S/C23H26N4O4S2/c1-2-12-25-33(30,31)14-16-7-9-17(10-8-16)26-20(28)11-13-27-15-24-22-21(23(27)29)18-5-3-4-6-19(18)32-22/h2,7-10,15,25H,1,3-6,11-14H2,(H,26,28). The minimum absolute atomic E-state index is 0.0807. The van der Waals surface area contributed by atoms with Crippen LogP contribution in [0.5, 0.6) is 0 Å². The molecule has 33 heavy (non-hydrogen) atoms. The summed E-state index contributed by atoms with van der Waals surface area (Å²) in [5, 5.41) is 3.50. The zero-order chi connectivity index (χ0) is 23.4. The highest BCUT2D eigenvalue weighted by Crippen LogP contribution is 2.33. The van der Waals surface area contributed by atoms with Crippen molar-refractivity contribution in [1.82, 2.24) is 14.3 Å². The molecule has 4 rings (SSSR count). The quantitative estimate of drug-likeness (QED) is 0.452. The second-order valence-electron chi connectivity index (χ2n) is 8.03. The minimum Gasteiger partial charge on any atom is -0.326 e. The van der Waals surface area contributed by atoms with Gasteiger partial charge in [-0.1, -0.05) is 18.2 Å². The molecule has 0 saturated heterocycles. The molecule has 1 aromatic carbocycles. The summed E-state index contributed by atoms with van der Waals surface area (Å²) in [6, 6.07) is 6.64. The molecule has 10 heteroatoms. The molecule has 2 aromatic heterocycles. The van der Waals surface area contributed by atoms with Crippen molar-refractivity contribution in [2.45, 2.75) is 44.4 Å². The third kappa shape index (κ3) is 5.58. The van der Waals surface area contributed by atoms with E-state index in [-0.39, 0.29) is 36.7 Å². The van der Waals surface area contributed by atoms with Crippen molar-refractivity contribution in [3.63, 3.8) is 0 Å². The third-order valence-corrected chi connectivity index (χ3v) is 8.08. The lowest BCUT2D eigenvalue weighted by atomic mass is 9.97. The van der Waals surface area contributed by atoms with Crippen LogP contribution in [-0.2, 0) is 40.0 Å². The summed E-state index contributed by atoms with van der Waals surface area (Å²) in [6.07, 6.45) is 7.29. The molecule has 174 valence electrons. The van der Waals surface area contributed by atoms with Gasteiger partial charge in [-0.15, -0.1) is 17.9 Å². The van der Waals surface area contributed by atoms with Crippen LogP contribution in [0.3, 0.4) is 0 Å². The molecule has 0 saturated carbocycles. The smallest absolute Gasteiger partial charge is 0.262 e. The number of aryl methyl sites for hydroxylation is 3. The maximum Gasteiger partial charge on any atom is 0.262 e. The Labute approximate surface area is 196 Å². The molecule has 0 bridgehead atoms. The van der Waals surface area contributed by atoms with Gasteiger partial charge in [-0.2, -0.15) is 0 Å². The van der Waals surface area contributed by atoms with Crippen molar-refractivity contribution in [1.29, 1.82) is 0 Å². The van der Waals surface area contributed by atoms with E-state index in [0.717, 1.165) is 36.1 Å². The summed E-state index contributed by atoms with van der Waals surface area (Å²) < 4.78 is 27.8. The van der Waals surface area contributed by atoms with Gasteiger partial charge in [0.1, 0.15) is 4.83 Å². The number of amides is 1. The Morgan fingerprint density at radius 1 is 1.21 bits per heavy atom. The number of rotatable bonds is 9. The van der Waals surface area contributed by atoms with Gasteiger partial charge in [-0.05, 0) is 48.9 Å². The average Bonchev–Trinajstić information content (AvgIpc) is 3.18. The van der Waals surface area contributed by atoms with Crippen LogP contribution >= 0.6 is 11.3 Å². The van der Waals surface area contributed by atoms with Crippen molar-refractivity contribution < 1.29 is 13.2 Å². The molecule has 2 heterocycles. The lowest BCUT2D eigenvalue weighted by Crippen LogP contribution is -2.25. The van der Waals surface area contributed by atoms with E-state index in [0.29, 0.717) is 16.6 Å². The van der Waals surface area contributed by atoms with Gasteiger partial charge >= 0.3 is 0 Å². The van der Waals surface area contributed by atoms with Gasteiger partial charge in [-0.25, -0.2) is 18.1 Å². The first kappa shape index (κ1) is 23.3. The highest BCUT2D eigenvalue weighted by atomic mass is 32.2. The van der Waals surface area contributed by atoms with Crippen molar-refractivity contribution >= 4 is 43.2 Å². The van der Waals surface area contributed by atoms with Crippen LogP contribution in [-0.4, -0.2) is 30.4 Å². The van der Waals surface area contributed by atoms with Crippen molar-refractivity contribution in [3.8, 4) is 0 Å². The fourth-order valence-electron chi connectivity index (χ4n) is 3.93. The lowest BCUT2D eigenvalue weighted by Gasteiger charge is -2.11. The number of fused-ring (bicyclic) bond motifs is 3. The maximum atomic E-state index is 13.0. The molecule has 0 fully saturated rings. The number of anilines is 1. The third-order valence-electron chi connectivity index (χ3n) is 5.56. The molecule has 0 aliphatic heterocycles. The Hall–Kier alpha value is -2.82. The zero-order valence-electron chi connectivity index (χ0n) is 18.2. The second kappa shape index (κ2) is 9.98. The molecular formula is C23H26N4O4S2. The van der Waals surface area contributed by atoms with Crippen molar-refractivity contribution in [2.75, 3.05) is 11.9 Å². The van der Waals surface area contributed by atoms with E-state index < -0.39 is 10.0 Å². The number of nitrogens with one attached hydrogen (secondary N) is 2. The molecule has 2 N–H and O–H groups in total. The Morgan fingerprint density at radius 2 is 1.97 bits per heavy atom. The predicted octanol–water partition coefficient (Wildman–Crippen LogP) is 2.97. The lowest BCUT2D eigenvalue weighted by molar-refractivity contribution is -0.116. The van der Waals surface area contributed by atoms with E-state index in [1.54, 1.807) is 35.6 Å². The van der Waals surface area contributed by atoms with Crippen LogP contribution in [0.25, 0.3) is 10.2 Å². The van der Waals surface area contributed by atoms with Crippen LogP contribution in [0.2, 0.25) is 0 Å². The van der Waals surface area contributed by atoms with Crippen LogP contribution in [0.1, 0.15) is 35.3 Å². The number of hydrogen-bond acceptors (Lipinski definition) is 6. The van der Waals surface area contributed by atoms with Gasteiger partial charge in [0.15, 0.2) is 0 Å². The van der Waals surface area contributed by atoms with Crippen molar-refractivity contribution in [2.24, 2.45) is 0 Å². The number of carbonyl (C=O) groups excluding carboxylic acids is 1. The number of sulfonamides is 1. The largest absolute Gasteiger partial charge is 0.326 e. The molecule has 1 aliphatic rings. The topological polar surface area (TPSA) is 110 Å². The summed E-state index contributed by atoms with van der Waals surface area (Å²) in [5.74, 6) is -0.387. The second-order valence-corrected chi connectivity index (χ2v) is 10.9. The maximum absolute atomic E-state index is 13.0. The number of carbonyl (C=O) groups is 1. The predicted molar refractivity (Wildman–Crippen MR) is 131 cm³/mol. The van der Waals surface area contributed by atoms with Crippen LogP contribution < -0.4 is 15.6 Å². The summed E-state index contributed by atoms with van der Waals surface area (Å²) in [5.41, 5.74) is 2.23. The number of nitrogens with zero attached hydrogens (tertiary/aromatic N) is 2. The summed E-state index contributed by atoms with van der Waals surface area (Å²) in [7, 11) is -3.44. The number of hydrogen-bond donors (Lipinski definition) is 2. The molecule has 3 aromatic rings. The first-order valence-electron chi connectivity index (χ1n) is 10.8. The summed E-state index contributed by atoms with van der Waals surface area (Å²) in [6.45, 7) is 3.91. The Balaban J connectivity index is 1.37. The Bertz CT molecular complexity index is 1340. The number of thiophene rings is 1. The normalized spacial score (nSPS) is 13.6. The fraction of sp³-hybridized carbons (Fsp3) is 0.348. The van der Waals surface area contributed by atoms with Crippen LogP contribution in [0, 0.1) is 0 Å². The molecule has 0 unspecified atom stereocenters. The van der Waals surface area contributed by atoms with E-state index >= 15 is 0 Å². The summed E-state index contributed by atoms with van der Waals surface area (Å²) >= 11 is 1.61. The first-order chi connectivity index (χ1) is 15.9. The Kier molecular flexibility index (Phi) is 7.06. The first-order valence-corrected chi connectivity index (χ1v) is 13.3.